The molecule has 0 saturated heterocycles. The molecular formula is C12H11NO3. The summed E-state index contributed by atoms with van der Waals surface area (Å²) in [6.45, 7) is 3.52. The van der Waals surface area contributed by atoms with Gasteiger partial charge in [-0.3, -0.25) is 4.79 Å². The van der Waals surface area contributed by atoms with Gasteiger partial charge in [0.25, 0.3) is 0 Å². The minimum absolute atomic E-state index is 0.0746. The first kappa shape index (κ1) is 10.4. The topological polar surface area (TPSA) is 63.1 Å². The van der Waals surface area contributed by atoms with Gasteiger partial charge in [-0.2, -0.15) is 0 Å². The lowest BCUT2D eigenvalue weighted by Crippen LogP contribution is -2.12. The molecule has 1 aromatic carbocycles. The lowest BCUT2D eigenvalue weighted by Gasteiger charge is -1.99. The summed E-state index contributed by atoms with van der Waals surface area (Å²) in [4.78, 5) is 23.3. The number of hydrogen-bond donors (Lipinski definition) is 1. The third-order valence-electron chi connectivity index (χ3n) is 2.38. The van der Waals surface area contributed by atoms with Crippen LogP contribution in [0.2, 0.25) is 0 Å². The number of H-pyrrole nitrogens is 1. The largest absolute Gasteiger partial charge is 0.368 e. The Morgan fingerprint density at radius 3 is 2.62 bits per heavy atom. The van der Waals surface area contributed by atoms with E-state index in [-0.39, 0.29) is 11.3 Å². The Bertz CT molecular complexity index is 592. The van der Waals surface area contributed by atoms with E-state index in [0.29, 0.717) is 11.3 Å². The molecule has 0 bridgehead atoms. The maximum atomic E-state index is 12.0. The van der Waals surface area contributed by atoms with Gasteiger partial charge in [-0.25, -0.2) is 9.95 Å². The Labute approximate surface area is 91.9 Å². The molecule has 1 N–H and O–H groups in total. The first-order chi connectivity index (χ1) is 7.59. The average molecular weight is 217 g/mol. The normalized spacial score (nSPS) is 10.4. The average Bonchev–Trinajstić information content (AvgIpc) is 2.58. The van der Waals surface area contributed by atoms with Crippen molar-refractivity contribution in [2.24, 2.45) is 0 Å². The van der Waals surface area contributed by atoms with Crippen molar-refractivity contribution < 1.29 is 9.32 Å². The number of ketones is 1. The molecule has 0 atom stereocenters. The molecule has 2 rings (SSSR count). The number of nitrogens with one attached hydrogen (secondary N) is 1. The zero-order valence-electron chi connectivity index (χ0n) is 9.03. The number of rotatable bonds is 2. The van der Waals surface area contributed by atoms with Crippen molar-refractivity contribution in [1.82, 2.24) is 5.16 Å². The van der Waals surface area contributed by atoms with Crippen LogP contribution in [0.15, 0.2) is 33.6 Å². The summed E-state index contributed by atoms with van der Waals surface area (Å²) in [6.07, 6.45) is 0. The fraction of sp³-hybridized carbons (Fsp3) is 0.167. The molecule has 4 nitrogen and oxygen atoms in total. The van der Waals surface area contributed by atoms with E-state index in [9.17, 15) is 9.59 Å². The molecule has 1 aromatic heterocycles. The molecule has 0 amide bonds. The van der Waals surface area contributed by atoms with E-state index in [0.717, 1.165) is 5.56 Å². The van der Waals surface area contributed by atoms with Crippen LogP contribution in [-0.2, 0) is 0 Å². The summed E-state index contributed by atoms with van der Waals surface area (Å²) in [5.41, 5.74) is 1.38. The first-order valence-corrected chi connectivity index (χ1v) is 4.89. The summed E-state index contributed by atoms with van der Waals surface area (Å²) in [7, 11) is 0. The second kappa shape index (κ2) is 3.81. The quantitative estimate of drug-likeness (QED) is 0.780. The highest BCUT2D eigenvalue weighted by Crippen LogP contribution is 2.10. The molecule has 0 fully saturated rings. The van der Waals surface area contributed by atoms with Gasteiger partial charge in [-0.15, -0.1) is 0 Å². The SMILES string of the molecule is Cc1cccc(C(=O)c2c(C)[nH]oc2=O)c1. The van der Waals surface area contributed by atoms with Crippen molar-refractivity contribution >= 4 is 5.78 Å². The highest BCUT2D eigenvalue weighted by atomic mass is 16.5. The molecule has 0 radical (unpaired) electrons. The molecule has 0 spiro atoms. The summed E-state index contributed by atoms with van der Waals surface area (Å²) in [6, 6.07) is 7.10. The van der Waals surface area contributed by atoms with E-state index in [2.05, 4.69) is 9.68 Å². The lowest BCUT2D eigenvalue weighted by atomic mass is 10.0. The fourth-order valence-corrected chi connectivity index (χ4v) is 1.57. The zero-order valence-corrected chi connectivity index (χ0v) is 9.03. The van der Waals surface area contributed by atoms with Crippen LogP contribution >= 0.6 is 0 Å². The summed E-state index contributed by atoms with van der Waals surface area (Å²) < 4.78 is 4.57. The maximum absolute atomic E-state index is 12.0. The molecule has 0 unspecified atom stereocenters. The number of carbonyl (C=O) groups is 1. The number of hydrogen-bond acceptors (Lipinski definition) is 3. The van der Waals surface area contributed by atoms with E-state index < -0.39 is 5.63 Å². The molecule has 1 heterocycles. The smallest absolute Gasteiger partial charge is 0.338 e. The molecule has 0 aliphatic carbocycles. The van der Waals surface area contributed by atoms with Gasteiger partial charge in [0.1, 0.15) is 5.56 Å². The predicted molar refractivity (Wildman–Crippen MR) is 58.7 cm³/mol. The Hall–Kier alpha value is -2.10. The molecule has 0 saturated carbocycles. The maximum Gasteiger partial charge on any atom is 0.368 e. The van der Waals surface area contributed by atoms with E-state index >= 15 is 0 Å². The molecule has 0 aliphatic heterocycles. The van der Waals surface area contributed by atoms with Crippen LogP contribution in [0.5, 0.6) is 0 Å². The molecular weight excluding hydrogens is 206 g/mol. The van der Waals surface area contributed by atoms with Gasteiger partial charge in [0.05, 0.1) is 5.69 Å². The third kappa shape index (κ3) is 1.69. The standard InChI is InChI=1S/C12H11NO3/c1-7-4-3-5-9(6-7)11(14)10-8(2)13-16-12(10)15/h3-6,13H,1-2H3. The summed E-state index contributed by atoms with van der Waals surface area (Å²) in [5.74, 6) is -0.309. The zero-order chi connectivity index (χ0) is 11.7. The Morgan fingerprint density at radius 2 is 2.06 bits per heavy atom. The molecule has 16 heavy (non-hydrogen) atoms. The van der Waals surface area contributed by atoms with Crippen LogP contribution in [0.3, 0.4) is 0 Å². The van der Waals surface area contributed by atoms with E-state index in [1.54, 1.807) is 25.1 Å². The van der Waals surface area contributed by atoms with Crippen molar-refractivity contribution in [2.45, 2.75) is 13.8 Å². The van der Waals surface area contributed by atoms with Gasteiger partial charge in [0.2, 0.25) is 5.78 Å². The highest BCUT2D eigenvalue weighted by Gasteiger charge is 2.18. The number of aryl methyl sites for hydroxylation is 2. The fourth-order valence-electron chi connectivity index (χ4n) is 1.57. The van der Waals surface area contributed by atoms with Gasteiger partial charge >= 0.3 is 5.63 Å². The predicted octanol–water partition coefficient (Wildman–Crippen LogP) is 1.82. The highest BCUT2D eigenvalue weighted by molar-refractivity contribution is 6.09. The number of aromatic amines is 1. The second-order valence-corrected chi connectivity index (χ2v) is 3.69. The van der Waals surface area contributed by atoms with Gasteiger partial charge < -0.3 is 4.52 Å². The van der Waals surface area contributed by atoms with Crippen molar-refractivity contribution in [2.75, 3.05) is 0 Å². The molecule has 2 aromatic rings. The number of aromatic nitrogens is 1. The van der Waals surface area contributed by atoms with Crippen LogP contribution in [0.25, 0.3) is 0 Å². The van der Waals surface area contributed by atoms with Gasteiger partial charge in [0.15, 0.2) is 0 Å². The molecule has 82 valence electrons. The summed E-state index contributed by atoms with van der Waals surface area (Å²) in [5, 5.41) is 2.39. The number of benzene rings is 1. The second-order valence-electron chi connectivity index (χ2n) is 3.69. The van der Waals surface area contributed by atoms with Crippen molar-refractivity contribution in [3.05, 3.63) is 57.1 Å². The van der Waals surface area contributed by atoms with Crippen LogP contribution < -0.4 is 5.63 Å². The van der Waals surface area contributed by atoms with E-state index in [1.165, 1.54) is 0 Å². The summed E-state index contributed by atoms with van der Waals surface area (Å²) >= 11 is 0. The number of carbonyl (C=O) groups excluding carboxylic acids is 1. The lowest BCUT2D eigenvalue weighted by molar-refractivity contribution is 0.103. The third-order valence-corrected chi connectivity index (χ3v) is 2.38. The van der Waals surface area contributed by atoms with Gasteiger partial charge in [-0.1, -0.05) is 23.8 Å². The van der Waals surface area contributed by atoms with Crippen LogP contribution in [0, 0.1) is 13.8 Å². The Kier molecular flexibility index (Phi) is 2.48. The minimum Gasteiger partial charge on any atom is -0.338 e. The van der Waals surface area contributed by atoms with Crippen molar-refractivity contribution in [1.29, 1.82) is 0 Å². The minimum atomic E-state index is -0.621. The van der Waals surface area contributed by atoms with Crippen LogP contribution in [0.4, 0.5) is 0 Å². The van der Waals surface area contributed by atoms with E-state index in [4.69, 9.17) is 0 Å². The van der Waals surface area contributed by atoms with Crippen LogP contribution in [0.1, 0.15) is 27.2 Å². The Balaban J connectivity index is 2.51. The van der Waals surface area contributed by atoms with Crippen molar-refractivity contribution in [3.8, 4) is 0 Å². The first-order valence-electron chi connectivity index (χ1n) is 4.89. The molecule has 0 aliphatic rings. The van der Waals surface area contributed by atoms with Gasteiger partial charge in [-0.05, 0) is 19.9 Å². The Morgan fingerprint density at radius 1 is 1.31 bits per heavy atom. The van der Waals surface area contributed by atoms with Gasteiger partial charge in [0, 0.05) is 5.56 Å². The van der Waals surface area contributed by atoms with Crippen molar-refractivity contribution in [3.63, 3.8) is 0 Å². The van der Waals surface area contributed by atoms with E-state index in [1.807, 2.05) is 13.0 Å². The van der Waals surface area contributed by atoms with Crippen LogP contribution in [-0.4, -0.2) is 10.9 Å². The monoisotopic (exact) mass is 217 g/mol. The molecule has 4 heteroatoms.